The topological polar surface area (TPSA) is 93.7 Å². The number of nitrogens with zero attached hydrogens (tertiary/aromatic N) is 3. The summed E-state index contributed by atoms with van der Waals surface area (Å²) in [5, 5.41) is 0. The number of anilines is 1. The second-order valence-corrected chi connectivity index (χ2v) is 10.6. The summed E-state index contributed by atoms with van der Waals surface area (Å²) in [6, 6.07) is 14.9. The lowest BCUT2D eigenvalue weighted by Crippen LogP contribution is -2.47. The van der Waals surface area contributed by atoms with Gasteiger partial charge in [-0.3, -0.25) is 14.3 Å². The van der Waals surface area contributed by atoms with Crippen LogP contribution in [0.25, 0.3) is 11.3 Å². The molecule has 8 nitrogen and oxygen atoms in total. The largest absolute Gasteiger partial charge is 0.475 e. The number of carbonyl (C=O) groups is 2. The van der Waals surface area contributed by atoms with Crippen molar-refractivity contribution in [3.63, 3.8) is 0 Å². The zero-order valence-corrected chi connectivity index (χ0v) is 23.3. The molecule has 200 valence electrons. The maximum Gasteiger partial charge on any atom is 0.325 e. The first-order chi connectivity index (χ1) is 18.2. The molecule has 0 spiro atoms. The Hall–Kier alpha value is -3.59. The van der Waals surface area contributed by atoms with Gasteiger partial charge in [-0.2, -0.15) is 4.98 Å². The van der Waals surface area contributed by atoms with E-state index in [0.29, 0.717) is 23.8 Å². The van der Waals surface area contributed by atoms with Crippen molar-refractivity contribution in [2.75, 3.05) is 24.5 Å². The average Bonchev–Trinajstić information content (AvgIpc) is 2.88. The molecule has 1 aliphatic heterocycles. The number of amides is 1. The van der Waals surface area contributed by atoms with E-state index >= 15 is 0 Å². The van der Waals surface area contributed by atoms with Crippen LogP contribution in [0, 0.1) is 19.8 Å². The van der Waals surface area contributed by atoms with E-state index < -0.39 is 5.97 Å². The number of esters is 1. The number of aryl methyl sites for hydroxylation is 2. The second-order valence-electron chi connectivity index (χ2n) is 9.75. The predicted octanol–water partition coefficient (Wildman–Crippen LogP) is 5.69. The number of hydrogen-bond acceptors (Lipinski definition) is 8. The normalized spacial score (nSPS) is 15.6. The van der Waals surface area contributed by atoms with Crippen molar-refractivity contribution in [2.45, 2.75) is 52.0 Å². The van der Waals surface area contributed by atoms with Crippen molar-refractivity contribution in [2.24, 2.45) is 5.92 Å². The maximum atomic E-state index is 13.7. The van der Waals surface area contributed by atoms with Crippen molar-refractivity contribution in [1.82, 2.24) is 14.9 Å². The zero-order chi connectivity index (χ0) is 27.2. The minimum atomic E-state index is -0.451. The van der Waals surface area contributed by atoms with Gasteiger partial charge in [0.25, 0.3) is 5.91 Å². The number of carbonyl (C=O) groups excluding carboxylic acids is 2. The van der Waals surface area contributed by atoms with E-state index in [1.54, 1.807) is 24.0 Å². The molecule has 1 atom stereocenters. The van der Waals surface area contributed by atoms with Crippen LogP contribution in [0.5, 0.6) is 5.88 Å². The van der Waals surface area contributed by atoms with Crippen molar-refractivity contribution >= 4 is 29.8 Å². The van der Waals surface area contributed by atoms with Crippen molar-refractivity contribution in [3.05, 3.63) is 65.2 Å². The van der Waals surface area contributed by atoms with Gasteiger partial charge in [0.05, 0.1) is 18.3 Å². The number of hydrogen-bond donors (Lipinski definition) is 1. The van der Waals surface area contributed by atoms with Crippen LogP contribution in [0.1, 0.15) is 48.7 Å². The molecule has 2 aromatic carbocycles. The maximum absolute atomic E-state index is 13.7. The molecule has 9 heteroatoms. The Balaban J connectivity index is 1.80. The van der Waals surface area contributed by atoms with E-state index in [0.717, 1.165) is 27.3 Å². The van der Waals surface area contributed by atoms with E-state index in [2.05, 4.69) is 49.5 Å². The lowest BCUT2D eigenvalue weighted by atomic mass is 10.00. The summed E-state index contributed by atoms with van der Waals surface area (Å²) in [7, 11) is 0. The molecule has 4 rings (SSSR count). The van der Waals surface area contributed by atoms with E-state index in [9.17, 15) is 9.59 Å². The summed E-state index contributed by atoms with van der Waals surface area (Å²) in [5.41, 5.74) is 4.46. The molecule has 0 fully saturated rings. The van der Waals surface area contributed by atoms with Crippen LogP contribution in [0.2, 0.25) is 0 Å². The van der Waals surface area contributed by atoms with Crippen molar-refractivity contribution in [3.8, 4) is 17.1 Å². The lowest BCUT2D eigenvalue weighted by molar-refractivity contribution is -0.144. The molecular weight excluding hydrogens is 500 g/mol. The highest BCUT2D eigenvalue weighted by Gasteiger charge is 2.29. The summed E-state index contributed by atoms with van der Waals surface area (Å²) in [6.07, 6.45) is 0.638. The van der Waals surface area contributed by atoms with Crippen molar-refractivity contribution in [1.29, 1.82) is 0 Å². The molecule has 1 amide bonds. The van der Waals surface area contributed by atoms with Gasteiger partial charge < -0.3 is 14.4 Å². The molecular formula is C29H34N4O4S. The molecule has 0 unspecified atom stereocenters. The van der Waals surface area contributed by atoms with Crippen molar-refractivity contribution < 1.29 is 19.1 Å². The molecule has 1 N–H and O–H groups in total. The van der Waals surface area contributed by atoms with Crippen LogP contribution >= 0.6 is 11.9 Å². The van der Waals surface area contributed by atoms with E-state index in [4.69, 9.17) is 14.5 Å². The smallest absolute Gasteiger partial charge is 0.325 e. The van der Waals surface area contributed by atoms with Gasteiger partial charge >= 0.3 is 5.97 Å². The lowest BCUT2D eigenvalue weighted by Gasteiger charge is -2.32. The van der Waals surface area contributed by atoms with Gasteiger partial charge in [0.15, 0.2) is 0 Å². The Bertz CT molecular complexity index is 1290. The monoisotopic (exact) mass is 534 g/mol. The fraction of sp³-hybridized carbons (Fsp3) is 0.379. The van der Waals surface area contributed by atoms with E-state index in [1.165, 1.54) is 11.9 Å². The molecule has 0 radical (unpaired) electrons. The quantitative estimate of drug-likeness (QED) is 0.318. The summed E-state index contributed by atoms with van der Waals surface area (Å²) < 4.78 is 14.7. The Kier molecular flexibility index (Phi) is 8.89. The van der Waals surface area contributed by atoms with Crippen LogP contribution in [-0.2, 0) is 9.53 Å². The SMILES string of the molecule is CCOC(=O)CN1C(=O)c2cccc(c2)SNc2nc(cc(-c3c(C)cccc3C)n2)OC[C@H]1CC(C)C. The highest BCUT2D eigenvalue weighted by molar-refractivity contribution is 8.00. The molecule has 1 aliphatic rings. The number of rotatable bonds is 6. The highest BCUT2D eigenvalue weighted by Crippen LogP contribution is 2.31. The minimum Gasteiger partial charge on any atom is -0.475 e. The second kappa shape index (κ2) is 12.3. The molecule has 4 bridgehead atoms. The van der Waals surface area contributed by atoms with Crippen LogP contribution in [0.4, 0.5) is 5.95 Å². The number of nitrogens with one attached hydrogen (secondary N) is 1. The van der Waals surface area contributed by atoms with Gasteiger partial charge in [-0.05, 0) is 74.4 Å². The number of benzene rings is 2. The van der Waals surface area contributed by atoms with Crippen LogP contribution in [0.3, 0.4) is 0 Å². The molecule has 0 aliphatic carbocycles. The molecule has 0 saturated carbocycles. The van der Waals surface area contributed by atoms with Gasteiger partial charge in [-0.1, -0.05) is 38.1 Å². The Labute approximate surface area is 228 Å². The van der Waals surface area contributed by atoms with Gasteiger partial charge in [-0.15, -0.1) is 0 Å². The number of aromatic nitrogens is 2. The minimum absolute atomic E-state index is 0.161. The Morgan fingerprint density at radius 2 is 1.89 bits per heavy atom. The summed E-state index contributed by atoms with van der Waals surface area (Å²) >= 11 is 1.31. The third-order valence-corrected chi connectivity index (χ3v) is 7.03. The first-order valence-corrected chi connectivity index (χ1v) is 13.6. The van der Waals surface area contributed by atoms with Gasteiger partial charge in [0, 0.05) is 22.1 Å². The zero-order valence-electron chi connectivity index (χ0n) is 22.5. The fourth-order valence-corrected chi connectivity index (χ4v) is 5.21. The first-order valence-electron chi connectivity index (χ1n) is 12.8. The van der Waals surface area contributed by atoms with Crippen LogP contribution < -0.4 is 9.46 Å². The Morgan fingerprint density at radius 1 is 1.16 bits per heavy atom. The summed E-state index contributed by atoms with van der Waals surface area (Å²) in [6.45, 7) is 10.3. The predicted molar refractivity (Wildman–Crippen MR) is 149 cm³/mol. The summed E-state index contributed by atoms with van der Waals surface area (Å²) in [5.74, 6) is 0.358. The Morgan fingerprint density at radius 3 is 2.61 bits per heavy atom. The molecule has 2 heterocycles. The molecule has 0 saturated heterocycles. The molecule has 1 aromatic heterocycles. The van der Waals surface area contributed by atoms with Crippen LogP contribution in [-0.4, -0.2) is 52.5 Å². The molecule has 3 aromatic rings. The standard InChI is InChI=1S/C29H34N4O4S/c1-6-36-26(34)16-33-22(13-18(2)3)17-37-25-15-24(27-19(4)9-7-10-20(27)5)30-29(31-25)32-38-23-12-8-11-21(14-23)28(33)35/h7-12,14-15,18,22H,6,13,16-17H2,1-5H3,(H,30,31,32)/t22-/m1/s1. The van der Waals surface area contributed by atoms with E-state index in [1.807, 2.05) is 24.3 Å². The van der Waals surface area contributed by atoms with Crippen LogP contribution in [0.15, 0.2) is 53.4 Å². The third kappa shape index (κ3) is 6.64. The highest BCUT2D eigenvalue weighted by atomic mass is 32.2. The molecule has 38 heavy (non-hydrogen) atoms. The number of ether oxygens (including phenoxy) is 2. The third-order valence-electron chi connectivity index (χ3n) is 6.25. The summed E-state index contributed by atoms with van der Waals surface area (Å²) in [4.78, 5) is 38.1. The first kappa shape index (κ1) is 27.4. The number of fused-ring (bicyclic) bond motifs is 4. The van der Waals surface area contributed by atoms with E-state index in [-0.39, 0.29) is 37.6 Å². The fourth-order valence-electron chi connectivity index (χ4n) is 4.58. The van der Waals surface area contributed by atoms with Gasteiger partial charge in [-0.25, -0.2) is 4.98 Å². The van der Waals surface area contributed by atoms with Gasteiger partial charge in [0.2, 0.25) is 11.8 Å². The average molecular weight is 535 g/mol. The van der Waals surface area contributed by atoms with Gasteiger partial charge in [0.1, 0.15) is 13.2 Å².